The van der Waals surface area contributed by atoms with Crippen LogP contribution in [0.4, 0.5) is 5.69 Å². The minimum atomic E-state index is -0.319. The zero-order chi connectivity index (χ0) is 16.0. The second kappa shape index (κ2) is 7.75. The first kappa shape index (κ1) is 17.9. The van der Waals surface area contributed by atoms with Gasteiger partial charge in [0.15, 0.2) is 0 Å². The Morgan fingerprint density at radius 2 is 2.00 bits per heavy atom. The summed E-state index contributed by atoms with van der Waals surface area (Å²) in [6, 6.07) is 0. The van der Waals surface area contributed by atoms with E-state index in [0.29, 0.717) is 17.7 Å². The molecule has 0 unspecified atom stereocenters. The minimum absolute atomic E-state index is 0.184. The van der Waals surface area contributed by atoms with E-state index in [-0.39, 0.29) is 15.4 Å². The highest BCUT2D eigenvalue weighted by Gasteiger charge is 2.25. The smallest absolute Gasteiger partial charge is 0.278 e. The van der Waals surface area contributed by atoms with E-state index in [4.69, 9.17) is 0 Å². The molecule has 0 saturated carbocycles. The molecule has 21 heavy (non-hydrogen) atoms. The van der Waals surface area contributed by atoms with Gasteiger partial charge < -0.3 is 5.32 Å². The lowest BCUT2D eigenvalue weighted by Gasteiger charge is -2.30. The van der Waals surface area contributed by atoms with Crippen LogP contribution in [0.15, 0.2) is 6.20 Å². The van der Waals surface area contributed by atoms with Gasteiger partial charge in [0.05, 0.1) is 10.6 Å². The largest absolute Gasteiger partial charge is 0.310 e. The number of rotatable bonds is 8. The molecule has 0 fully saturated rings. The summed E-state index contributed by atoms with van der Waals surface area (Å²) in [5, 5.41) is 14.5. The molecule has 0 spiro atoms. The third-order valence-electron chi connectivity index (χ3n) is 4.22. The van der Waals surface area contributed by atoms with E-state index in [2.05, 4.69) is 30.4 Å². The van der Waals surface area contributed by atoms with Crippen LogP contribution in [0.3, 0.4) is 0 Å². The lowest BCUT2D eigenvalue weighted by molar-refractivity contribution is -0.386. The normalized spacial score (nSPS) is 11.7. The molecule has 0 radical (unpaired) electrons. The van der Waals surface area contributed by atoms with Crippen LogP contribution < -0.4 is 5.32 Å². The van der Waals surface area contributed by atoms with Gasteiger partial charge in [-0.2, -0.15) is 11.8 Å². The van der Waals surface area contributed by atoms with Crippen molar-refractivity contribution in [3.63, 3.8) is 0 Å². The Labute approximate surface area is 131 Å². The van der Waals surface area contributed by atoms with Crippen LogP contribution in [0.1, 0.15) is 43.5 Å². The third kappa shape index (κ3) is 4.17. The number of aryl methyl sites for hydroxylation is 1. The highest BCUT2D eigenvalue weighted by molar-refractivity contribution is 8.00. The fraction of sp³-hybridized carbons (Fsp3) is 0.667. The van der Waals surface area contributed by atoms with Gasteiger partial charge in [-0.05, 0) is 32.9 Å². The number of pyridine rings is 1. The minimum Gasteiger partial charge on any atom is -0.310 e. The van der Waals surface area contributed by atoms with Crippen LogP contribution in [0.2, 0.25) is 0 Å². The first-order chi connectivity index (χ1) is 9.90. The lowest BCUT2D eigenvalue weighted by Crippen LogP contribution is -2.36. The quantitative estimate of drug-likeness (QED) is 0.586. The number of hydrogen-bond acceptors (Lipinski definition) is 5. The van der Waals surface area contributed by atoms with Crippen LogP contribution in [0.25, 0.3) is 0 Å². The highest BCUT2D eigenvalue weighted by atomic mass is 32.2. The lowest BCUT2D eigenvalue weighted by atomic mass is 10.0. The molecule has 0 aromatic carbocycles. The molecule has 5 nitrogen and oxygen atoms in total. The van der Waals surface area contributed by atoms with E-state index < -0.39 is 0 Å². The van der Waals surface area contributed by atoms with Crippen molar-refractivity contribution in [1.82, 2.24) is 10.3 Å². The van der Waals surface area contributed by atoms with Crippen molar-refractivity contribution in [1.29, 1.82) is 0 Å². The molecule has 0 amide bonds. The summed E-state index contributed by atoms with van der Waals surface area (Å²) >= 11 is 1.88. The topological polar surface area (TPSA) is 68.1 Å². The average molecular weight is 311 g/mol. The molecule has 1 N–H and O–H groups in total. The Morgan fingerprint density at radius 3 is 2.48 bits per heavy atom. The zero-order valence-corrected chi connectivity index (χ0v) is 14.3. The molecule has 118 valence electrons. The molecule has 1 aromatic heterocycles. The number of nitrogens with one attached hydrogen (secondary N) is 1. The number of thioether (sulfide) groups is 1. The SMILES string of the molecule is CCC(CC)(CNCc1ncc(C)c([N+](=O)[O-])c1C)SC. The molecule has 0 aliphatic carbocycles. The van der Waals surface area contributed by atoms with Crippen LogP contribution in [-0.2, 0) is 6.54 Å². The second-order valence-electron chi connectivity index (χ2n) is 5.32. The standard InChI is InChI=1S/C15H25N3O2S/c1-6-15(7-2,21-5)10-16-9-13-12(4)14(18(19)20)11(3)8-17-13/h8,16H,6-7,9-10H2,1-5H3. The van der Waals surface area contributed by atoms with E-state index in [1.807, 2.05) is 11.8 Å². The van der Waals surface area contributed by atoms with Crippen LogP contribution in [0, 0.1) is 24.0 Å². The van der Waals surface area contributed by atoms with Crippen molar-refractivity contribution in [3.05, 3.63) is 33.1 Å². The molecular weight excluding hydrogens is 286 g/mol. The second-order valence-corrected chi connectivity index (χ2v) is 6.59. The molecule has 0 atom stereocenters. The average Bonchev–Trinajstić information content (AvgIpc) is 2.46. The maximum absolute atomic E-state index is 11.1. The molecule has 1 aromatic rings. The maximum Gasteiger partial charge on any atom is 0.278 e. The summed E-state index contributed by atoms with van der Waals surface area (Å²) in [5.41, 5.74) is 2.22. The maximum atomic E-state index is 11.1. The zero-order valence-electron chi connectivity index (χ0n) is 13.5. The Morgan fingerprint density at radius 1 is 1.38 bits per heavy atom. The highest BCUT2D eigenvalue weighted by Crippen LogP contribution is 2.30. The molecule has 1 rings (SSSR count). The van der Waals surface area contributed by atoms with Crippen molar-refractivity contribution in [2.24, 2.45) is 0 Å². The Hall–Kier alpha value is -1.14. The first-order valence-corrected chi connectivity index (χ1v) is 8.48. The molecule has 1 heterocycles. The molecule has 0 aliphatic rings. The van der Waals surface area contributed by atoms with Gasteiger partial charge in [-0.1, -0.05) is 13.8 Å². The molecular formula is C15H25N3O2S. The van der Waals surface area contributed by atoms with Gasteiger partial charge >= 0.3 is 0 Å². The molecule has 0 saturated heterocycles. The van der Waals surface area contributed by atoms with Crippen LogP contribution in [0.5, 0.6) is 0 Å². The number of hydrogen-bond donors (Lipinski definition) is 1. The summed E-state index contributed by atoms with van der Waals surface area (Å²) in [6.07, 6.45) is 5.91. The van der Waals surface area contributed by atoms with Gasteiger partial charge in [0.25, 0.3) is 5.69 Å². The summed E-state index contributed by atoms with van der Waals surface area (Å²) in [6.45, 7) is 9.34. The van der Waals surface area contributed by atoms with Gasteiger partial charge in [-0.3, -0.25) is 15.1 Å². The number of nitrogens with zero attached hydrogens (tertiary/aromatic N) is 2. The van der Waals surface area contributed by atoms with Gasteiger partial charge in [-0.25, -0.2) is 0 Å². The van der Waals surface area contributed by atoms with Crippen molar-refractivity contribution < 1.29 is 4.92 Å². The van der Waals surface area contributed by atoms with E-state index in [1.54, 1.807) is 20.0 Å². The van der Waals surface area contributed by atoms with E-state index in [1.165, 1.54) is 0 Å². The monoisotopic (exact) mass is 311 g/mol. The van der Waals surface area contributed by atoms with Gasteiger partial charge in [0.2, 0.25) is 0 Å². The Bertz CT molecular complexity index is 494. The van der Waals surface area contributed by atoms with E-state index in [9.17, 15) is 10.1 Å². The van der Waals surface area contributed by atoms with Crippen molar-refractivity contribution in [3.8, 4) is 0 Å². The van der Waals surface area contributed by atoms with Gasteiger partial charge in [-0.15, -0.1) is 0 Å². The van der Waals surface area contributed by atoms with Crippen molar-refractivity contribution in [2.75, 3.05) is 12.8 Å². The summed E-state index contributed by atoms with van der Waals surface area (Å²) in [7, 11) is 0. The Kier molecular flexibility index (Phi) is 6.61. The molecule has 0 bridgehead atoms. The number of aromatic nitrogens is 1. The van der Waals surface area contributed by atoms with Crippen LogP contribution in [-0.4, -0.2) is 27.5 Å². The summed E-state index contributed by atoms with van der Waals surface area (Å²) < 4.78 is 0.227. The predicted octanol–water partition coefficient (Wildman–Crippen LogP) is 3.62. The third-order valence-corrected chi connectivity index (χ3v) is 5.81. The van der Waals surface area contributed by atoms with Crippen molar-refractivity contribution in [2.45, 2.75) is 51.8 Å². The summed E-state index contributed by atoms with van der Waals surface area (Å²) in [5.74, 6) is 0. The van der Waals surface area contributed by atoms with E-state index in [0.717, 1.165) is 25.1 Å². The fourth-order valence-corrected chi connectivity index (χ4v) is 3.32. The fourth-order valence-electron chi connectivity index (χ4n) is 2.49. The molecule has 0 aliphatic heterocycles. The van der Waals surface area contributed by atoms with E-state index >= 15 is 0 Å². The van der Waals surface area contributed by atoms with Gasteiger partial charge in [0, 0.05) is 35.2 Å². The number of nitro groups is 1. The van der Waals surface area contributed by atoms with Gasteiger partial charge in [0.1, 0.15) is 0 Å². The first-order valence-electron chi connectivity index (χ1n) is 7.26. The van der Waals surface area contributed by atoms with Crippen molar-refractivity contribution >= 4 is 17.4 Å². The molecule has 6 heteroatoms. The summed E-state index contributed by atoms with van der Waals surface area (Å²) in [4.78, 5) is 15.1. The van der Waals surface area contributed by atoms with Crippen LogP contribution >= 0.6 is 11.8 Å². The predicted molar refractivity (Wildman–Crippen MR) is 88.9 cm³/mol. The Balaban J connectivity index is 2.81.